The highest BCUT2D eigenvalue weighted by Gasteiger charge is 2.34. The van der Waals surface area contributed by atoms with Crippen LogP contribution in [0.1, 0.15) is 18.5 Å². The van der Waals surface area contributed by atoms with Crippen LogP contribution in [0, 0.1) is 10.1 Å². The summed E-state index contributed by atoms with van der Waals surface area (Å²) in [7, 11) is 1.30. The molecule has 0 unspecified atom stereocenters. The van der Waals surface area contributed by atoms with Crippen LogP contribution in [0.3, 0.4) is 0 Å². The van der Waals surface area contributed by atoms with Gasteiger partial charge in [0.05, 0.1) is 17.6 Å². The number of hydrogen-bond acceptors (Lipinski definition) is 7. The molecular formula is C14H13N5O4. The number of anilines is 1. The van der Waals surface area contributed by atoms with Crippen LogP contribution in [-0.4, -0.2) is 32.8 Å². The Labute approximate surface area is 130 Å². The molecule has 3 rings (SSSR count). The number of benzene rings is 1. The Balaban J connectivity index is 2.13. The van der Waals surface area contributed by atoms with E-state index in [9.17, 15) is 14.9 Å². The van der Waals surface area contributed by atoms with Crippen molar-refractivity contribution in [3.63, 3.8) is 0 Å². The van der Waals surface area contributed by atoms with Crippen LogP contribution in [0.2, 0.25) is 0 Å². The summed E-state index contributed by atoms with van der Waals surface area (Å²) in [5.74, 6) is -0.0157. The lowest BCUT2D eigenvalue weighted by molar-refractivity contribution is -0.384. The van der Waals surface area contributed by atoms with Crippen molar-refractivity contribution in [1.29, 1.82) is 0 Å². The van der Waals surface area contributed by atoms with E-state index in [0.717, 1.165) is 0 Å². The second kappa shape index (κ2) is 5.52. The molecule has 2 heterocycles. The van der Waals surface area contributed by atoms with E-state index in [-0.39, 0.29) is 5.69 Å². The Kier molecular flexibility index (Phi) is 3.53. The second-order valence-corrected chi connectivity index (χ2v) is 4.93. The summed E-state index contributed by atoms with van der Waals surface area (Å²) in [6.07, 6.45) is 1.37. The largest absolute Gasteiger partial charge is 0.466 e. The molecule has 0 saturated carbocycles. The molecular weight excluding hydrogens is 302 g/mol. The molecule has 0 fully saturated rings. The third-order valence-corrected chi connectivity index (χ3v) is 3.62. The third-order valence-electron chi connectivity index (χ3n) is 3.62. The highest BCUT2D eigenvalue weighted by atomic mass is 16.6. The van der Waals surface area contributed by atoms with E-state index in [1.807, 2.05) is 0 Å². The van der Waals surface area contributed by atoms with Gasteiger partial charge in [-0.05, 0) is 24.6 Å². The normalized spacial score (nSPS) is 16.5. The molecule has 1 N–H and O–H groups in total. The zero-order valence-electron chi connectivity index (χ0n) is 12.4. The van der Waals surface area contributed by atoms with Crippen molar-refractivity contribution in [2.45, 2.75) is 13.0 Å². The molecule has 1 aromatic carbocycles. The van der Waals surface area contributed by atoms with Crippen LogP contribution in [0.4, 0.5) is 11.6 Å². The maximum absolute atomic E-state index is 12.2. The van der Waals surface area contributed by atoms with Gasteiger partial charge in [-0.25, -0.2) is 9.48 Å². The molecule has 1 aliphatic rings. The maximum Gasteiger partial charge on any atom is 0.338 e. The Morgan fingerprint density at radius 3 is 2.70 bits per heavy atom. The summed E-state index contributed by atoms with van der Waals surface area (Å²) >= 11 is 0. The van der Waals surface area contributed by atoms with Crippen molar-refractivity contribution in [2.24, 2.45) is 0 Å². The Hall–Kier alpha value is -3.23. The number of aromatic nitrogens is 3. The van der Waals surface area contributed by atoms with Crippen LogP contribution in [-0.2, 0) is 9.53 Å². The monoisotopic (exact) mass is 315 g/mol. The van der Waals surface area contributed by atoms with Gasteiger partial charge in [-0.1, -0.05) is 0 Å². The third kappa shape index (κ3) is 2.41. The SMILES string of the molecule is COC(=O)C1=C(C)Nc2ncnn2[C@H]1c1ccc([N+](=O)[O-])cc1. The van der Waals surface area contributed by atoms with Gasteiger partial charge >= 0.3 is 5.97 Å². The molecule has 0 amide bonds. The van der Waals surface area contributed by atoms with Gasteiger partial charge < -0.3 is 10.1 Å². The molecule has 0 bridgehead atoms. The molecule has 1 aliphatic heterocycles. The van der Waals surface area contributed by atoms with E-state index >= 15 is 0 Å². The van der Waals surface area contributed by atoms with E-state index in [4.69, 9.17) is 4.74 Å². The summed E-state index contributed by atoms with van der Waals surface area (Å²) in [4.78, 5) is 26.6. The van der Waals surface area contributed by atoms with Gasteiger partial charge in [-0.15, -0.1) is 0 Å². The number of allylic oxidation sites excluding steroid dienone is 1. The fourth-order valence-corrected chi connectivity index (χ4v) is 2.55. The van der Waals surface area contributed by atoms with Gasteiger partial charge in [-0.2, -0.15) is 10.1 Å². The number of ether oxygens (including phenoxy) is 1. The van der Waals surface area contributed by atoms with Crippen LogP contribution < -0.4 is 5.32 Å². The first-order valence-electron chi connectivity index (χ1n) is 6.73. The number of rotatable bonds is 3. The van der Waals surface area contributed by atoms with Gasteiger partial charge in [0.2, 0.25) is 5.95 Å². The fourth-order valence-electron chi connectivity index (χ4n) is 2.55. The van der Waals surface area contributed by atoms with E-state index in [1.54, 1.807) is 23.7 Å². The highest BCUT2D eigenvalue weighted by molar-refractivity contribution is 5.92. The topological polar surface area (TPSA) is 112 Å². The van der Waals surface area contributed by atoms with Crippen molar-refractivity contribution in [3.05, 3.63) is 57.5 Å². The lowest BCUT2D eigenvalue weighted by Crippen LogP contribution is -2.29. The van der Waals surface area contributed by atoms with Gasteiger partial charge in [0, 0.05) is 17.8 Å². The highest BCUT2D eigenvalue weighted by Crippen LogP contribution is 2.35. The van der Waals surface area contributed by atoms with Gasteiger partial charge in [0.1, 0.15) is 12.4 Å². The Morgan fingerprint density at radius 1 is 1.39 bits per heavy atom. The Morgan fingerprint density at radius 2 is 2.09 bits per heavy atom. The number of non-ortho nitro benzene ring substituents is 1. The second-order valence-electron chi connectivity index (χ2n) is 4.93. The van der Waals surface area contributed by atoms with Crippen LogP contribution in [0.5, 0.6) is 0 Å². The number of carbonyl (C=O) groups excluding carboxylic acids is 1. The van der Waals surface area contributed by atoms with E-state index in [2.05, 4.69) is 15.4 Å². The molecule has 0 spiro atoms. The number of hydrogen-bond donors (Lipinski definition) is 1. The van der Waals surface area contributed by atoms with Crippen LogP contribution >= 0.6 is 0 Å². The lowest BCUT2D eigenvalue weighted by atomic mass is 9.95. The molecule has 0 aliphatic carbocycles. The molecule has 1 aromatic heterocycles. The molecule has 23 heavy (non-hydrogen) atoms. The first-order valence-corrected chi connectivity index (χ1v) is 6.73. The minimum Gasteiger partial charge on any atom is -0.466 e. The number of carbonyl (C=O) groups is 1. The van der Waals surface area contributed by atoms with Gasteiger partial charge in [0.15, 0.2) is 0 Å². The van der Waals surface area contributed by atoms with Crippen molar-refractivity contribution in [1.82, 2.24) is 14.8 Å². The summed E-state index contributed by atoms with van der Waals surface area (Å²) in [6, 6.07) is 5.39. The predicted octanol–water partition coefficient (Wildman–Crippen LogP) is 1.65. The summed E-state index contributed by atoms with van der Waals surface area (Å²) in [6.45, 7) is 1.74. The first kappa shape index (κ1) is 14.7. The average molecular weight is 315 g/mol. The van der Waals surface area contributed by atoms with Gasteiger partial charge in [0.25, 0.3) is 5.69 Å². The summed E-state index contributed by atoms with van der Waals surface area (Å²) in [5.41, 5.74) is 1.62. The minimum absolute atomic E-state index is 0.0261. The lowest BCUT2D eigenvalue weighted by Gasteiger charge is -2.27. The van der Waals surface area contributed by atoms with Crippen LogP contribution in [0.15, 0.2) is 41.9 Å². The average Bonchev–Trinajstić information content (AvgIpc) is 3.00. The Bertz CT molecular complexity index is 809. The molecule has 9 nitrogen and oxygen atoms in total. The zero-order chi connectivity index (χ0) is 16.6. The fraction of sp³-hybridized carbons (Fsp3) is 0.214. The standard InChI is InChI=1S/C14H13N5O4/c1-8-11(13(20)23-2)12(18-14(17-8)15-7-16-18)9-3-5-10(6-4-9)19(21)22/h3-7,12H,1-2H3,(H,15,16,17)/t12-/m0/s1. The number of nitrogens with one attached hydrogen (secondary N) is 1. The van der Waals surface area contributed by atoms with Crippen molar-refractivity contribution >= 4 is 17.6 Å². The van der Waals surface area contributed by atoms with Crippen molar-refractivity contribution < 1.29 is 14.5 Å². The predicted molar refractivity (Wildman–Crippen MR) is 79.6 cm³/mol. The van der Waals surface area contributed by atoms with Gasteiger partial charge in [-0.3, -0.25) is 10.1 Å². The summed E-state index contributed by atoms with van der Waals surface area (Å²) < 4.78 is 6.40. The number of methoxy groups -OCH3 is 1. The van der Waals surface area contributed by atoms with Crippen LogP contribution in [0.25, 0.3) is 0 Å². The van der Waals surface area contributed by atoms with Crippen molar-refractivity contribution in [2.75, 3.05) is 12.4 Å². The smallest absolute Gasteiger partial charge is 0.338 e. The van der Waals surface area contributed by atoms with E-state index in [1.165, 1.54) is 25.6 Å². The molecule has 1 atom stereocenters. The van der Waals surface area contributed by atoms with Crippen molar-refractivity contribution in [3.8, 4) is 0 Å². The molecule has 0 saturated heterocycles. The minimum atomic E-state index is -0.568. The number of nitro benzene ring substituents is 1. The number of nitro groups is 1. The quantitative estimate of drug-likeness (QED) is 0.520. The van der Waals surface area contributed by atoms with E-state index in [0.29, 0.717) is 22.8 Å². The summed E-state index contributed by atoms with van der Waals surface area (Å²) in [5, 5.41) is 17.9. The number of esters is 1. The van der Waals surface area contributed by atoms with E-state index < -0.39 is 16.9 Å². The first-order chi connectivity index (χ1) is 11.0. The molecule has 9 heteroatoms. The zero-order valence-corrected chi connectivity index (χ0v) is 12.4. The molecule has 0 radical (unpaired) electrons. The molecule has 2 aromatic rings. The maximum atomic E-state index is 12.2. The number of nitrogens with zero attached hydrogens (tertiary/aromatic N) is 4. The number of fused-ring (bicyclic) bond motifs is 1. The molecule has 118 valence electrons.